The molecule has 0 amide bonds. The van der Waals surface area contributed by atoms with Gasteiger partial charge in [0.25, 0.3) is 0 Å². The van der Waals surface area contributed by atoms with Crippen LogP contribution < -0.4 is 9.64 Å². The van der Waals surface area contributed by atoms with E-state index >= 15 is 0 Å². The zero-order valence-electron chi connectivity index (χ0n) is 26.9. The van der Waals surface area contributed by atoms with Crippen molar-refractivity contribution in [2.75, 3.05) is 11.9 Å². The minimum Gasteiger partial charge on any atom is -0.472 e. The highest BCUT2D eigenvalue weighted by atomic mass is 16.5. The molecule has 2 nitrogen and oxygen atoms in total. The van der Waals surface area contributed by atoms with Crippen LogP contribution in [-0.4, -0.2) is 13.1 Å². The zero-order valence-corrected chi connectivity index (χ0v) is 26.9. The van der Waals surface area contributed by atoms with E-state index < -0.39 is 5.60 Å². The lowest BCUT2D eigenvalue weighted by Crippen LogP contribution is -2.35. The van der Waals surface area contributed by atoms with E-state index in [1.165, 1.54) is 89.2 Å². The van der Waals surface area contributed by atoms with E-state index in [1.807, 2.05) is 0 Å². The Hall–Kier alpha value is -4.30. The highest BCUT2D eigenvalue weighted by Gasteiger charge is 2.48. The third kappa shape index (κ3) is 4.29. The molecule has 1 spiro atoms. The molecule has 1 aliphatic heterocycles. The average molecular weight is 590 g/mol. The molecule has 1 heterocycles. The second-order valence-corrected chi connectivity index (χ2v) is 13.7. The third-order valence-corrected chi connectivity index (χ3v) is 11.0. The molecule has 0 aromatic heterocycles. The summed E-state index contributed by atoms with van der Waals surface area (Å²) in [5, 5.41) is 2.51. The number of anilines is 1. The first-order chi connectivity index (χ1) is 22.0. The molecule has 226 valence electrons. The first-order valence-electron chi connectivity index (χ1n) is 17.0. The van der Waals surface area contributed by atoms with Gasteiger partial charge in [-0.2, -0.15) is 0 Å². The van der Waals surface area contributed by atoms with Crippen LogP contribution in [0.4, 0.5) is 5.69 Å². The van der Waals surface area contributed by atoms with Crippen molar-refractivity contribution in [3.05, 3.63) is 137 Å². The summed E-state index contributed by atoms with van der Waals surface area (Å²) in [4.78, 5) is 2.31. The fraction of sp³-hybridized carbons (Fsp3) is 0.302. The lowest BCUT2D eigenvalue weighted by Gasteiger charge is -2.40. The maximum atomic E-state index is 7.57. The predicted octanol–water partition coefficient (Wildman–Crippen LogP) is 11.0. The van der Waals surface area contributed by atoms with Crippen molar-refractivity contribution in [1.82, 2.24) is 0 Å². The average Bonchev–Trinajstić information content (AvgIpc) is 3.37. The number of benzene rings is 5. The monoisotopic (exact) mass is 589 g/mol. The second-order valence-electron chi connectivity index (χ2n) is 13.7. The van der Waals surface area contributed by atoms with Crippen LogP contribution in [0.25, 0.3) is 28.0 Å². The summed E-state index contributed by atoms with van der Waals surface area (Å²) in [5.41, 5.74) is 9.95. The number of rotatable bonds is 4. The number of hydrogen-bond acceptors (Lipinski definition) is 2. The van der Waals surface area contributed by atoms with Crippen molar-refractivity contribution >= 4 is 22.5 Å². The highest BCUT2D eigenvalue weighted by molar-refractivity contribution is 6.08. The number of hydrogen-bond donors (Lipinski definition) is 0. The van der Waals surface area contributed by atoms with E-state index in [0.29, 0.717) is 6.04 Å². The van der Waals surface area contributed by atoms with Gasteiger partial charge in [0.15, 0.2) is 5.60 Å². The topological polar surface area (TPSA) is 12.5 Å². The van der Waals surface area contributed by atoms with Crippen LogP contribution in [0.15, 0.2) is 109 Å². The van der Waals surface area contributed by atoms with Crippen molar-refractivity contribution in [1.29, 1.82) is 0 Å². The van der Waals surface area contributed by atoms with Gasteiger partial charge in [0.1, 0.15) is 5.75 Å². The maximum absolute atomic E-state index is 7.57. The summed E-state index contributed by atoms with van der Waals surface area (Å²) in [6.45, 7) is 4.46. The molecule has 1 fully saturated rings. The molecule has 2 heteroatoms. The molecular weight excluding hydrogens is 546 g/mol. The van der Waals surface area contributed by atoms with Gasteiger partial charge in [-0.05, 0) is 72.5 Å². The van der Waals surface area contributed by atoms with E-state index in [4.69, 9.17) is 4.74 Å². The molecular formula is C43H43NO. The number of ether oxygens (including phenoxy) is 1. The Kier molecular flexibility index (Phi) is 6.86. The summed E-state index contributed by atoms with van der Waals surface area (Å²) in [5.74, 6) is 1.02. The van der Waals surface area contributed by atoms with Gasteiger partial charge < -0.3 is 9.64 Å². The second kappa shape index (κ2) is 10.9. The van der Waals surface area contributed by atoms with Crippen LogP contribution in [0.1, 0.15) is 86.6 Å². The van der Waals surface area contributed by atoms with Crippen molar-refractivity contribution < 1.29 is 4.74 Å². The van der Waals surface area contributed by atoms with Gasteiger partial charge in [0.2, 0.25) is 0 Å². The quantitative estimate of drug-likeness (QED) is 0.207. The van der Waals surface area contributed by atoms with E-state index in [-0.39, 0.29) is 5.41 Å². The molecule has 1 unspecified atom stereocenters. The molecule has 0 bridgehead atoms. The van der Waals surface area contributed by atoms with Crippen molar-refractivity contribution in [3.8, 4) is 16.9 Å². The van der Waals surface area contributed by atoms with Crippen molar-refractivity contribution in [2.45, 2.75) is 75.9 Å². The molecule has 0 N–H and O–H groups in total. The van der Waals surface area contributed by atoms with Crippen LogP contribution in [0.2, 0.25) is 0 Å². The summed E-state index contributed by atoms with van der Waals surface area (Å²) in [6, 6.07) is 38.5. The number of nitrogens with zero attached hydrogens (tertiary/aromatic N) is 1. The van der Waals surface area contributed by atoms with E-state index in [1.54, 1.807) is 0 Å². The first kappa shape index (κ1) is 28.2. The first-order valence-corrected chi connectivity index (χ1v) is 17.0. The fourth-order valence-corrected chi connectivity index (χ4v) is 8.55. The Morgan fingerprint density at radius 3 is 2.02 bits per heavy atom. The van der Waals surface area contributed by atoms with Gasteiger partial charge in [0, 0.05) is 46.3 Å². The Labute approximate surface area is 268 Å². The molecule has 45 heavy (non-hydrogen) atoms. The van der Waals surface area contributed by atoms with Gasteiger partial charge in [-0.3, -0.25) is 0 Å². The number of fused-ring (bicyclic) bond motifs is 10. The Morgan fingerprint density at radius 1 is 0.667 bits per heavy atom. The molecule has 1 saturated carbocycles. The largest absolute Gasteiger partial charge is 0.472 e. The van der Waals surface area contributed by atoms with Gasteiger partial charge in [0.05, 0.1) is 0 Å². The van der Waals surface area contributed by atoms with Gasteiger partial charge in [-0.15, -0.1) is 0 Å². The third-order valence-electron chi connectivity index (χ3n) is 11.0. The van der Waals surface area contributed by atoms with Crippen LogP contribution in [0, 0.1) is 0 Å². The lowest BCUT2D eigenvalue weighted by molar-refractivity contribution is 0.163. The standard InChI is InChI=1S/C43H43NO/c1-30(2)44(3)33-24-22-32(23-25-33)43(31-16-8-7-9-17-31)29-26-37-40-39(34-18-10-11-19-35(34)41(37)45-43)36-20-12-13-21-38(36)42(40)27-14-5-4-6-15-28-42/h7-13,16-26,29-30H,4-6,14-15,27-28H2,1-3H3. The van der Waals surface area contributed by atoms with Crippen molar-refractivity contribution in [2.24, 2.45) is 0 Å². The molecule has 8 rings (SSSR count). The predicted molar refractivity (Wildman–Crippen MR) is 189 cm³/mol. The van der Waals surface area contributed by atoms with Crippen LogP contribution in [0.5, 0.6) is 5.75 Å². The Bertz CT molecular complexity index is 1890. The molecule has 0 radical (unpaired) electrons. The van der Waals surface area contributed by atoms with Crippen LogP contribution >= 0.6 is 0 Å². The highest BCUT2D eigenvalue weighted by Crippen LogP contribution is 2.61. The maximum Gasteiger partial charge on any atom is 0.178 e. The molecule has 2 aliphatic carbocycles. The fourth-order valence-electron chi connectivity index (χ4n) is 8.55. The SMILES string of the molecule is CC(C)N(C)c1ccc(C2(c3ccccc3)C=Cc3c4c(c5ccccc5c3O2)-c2ccccc2C42CCCCCCC2)cc1. The lowest BCUT2D eigenvalue weighted by atomic mass is 9.67. The molecule has 5 aromatic carbocycles. The summed E-state index contributed by atoms with van der Waals surface area (Å²) in [6.07, 6.45) is 13.7. The van der Waals surface area contributed by atoms with Gasteiger partial charge in [-0.1, -0.05) is 129 Å². The summed E-state index contributed by atoms with van der Waals surface area (Å²) in [7, 11) is 2.16. The molecule has 1 atom stereocenters. The Morgan fingerprint density at radius 2 is 1.29 bits per heavy atom. The van der Waals surface area contributed by atoms with E-state index in [2.05, 4.69) is 141 Å². The van der Waals surface area contributed by atoms with Gasteiger partial charge >= 0.3 is 0 Å². The van der Waals surface area contributed by atoms with Crippen LogP contribution in [-0.2, 0) is 11.0 Å². The summed E-state index contributed by atoms with van der Waals surface area (Å²) < 4.78 is 7.57. The molecule has 0 saturated heterocycles. The molecule has 5 aromatic rings. The minimum absolute atomic E-state index is 0.0178. The normalized spacial score (nSPS) is 19.8. The van der Waals surface area contributed by atoms with E-state index in [0.717, 1.165) is 16.9 Å². The summed E-state index contributed by atoms with van der Waals surface area (Å²) >= 11 is 0. The van der Waals surface area contributed by atoms with Crippen LogP contribution in [0.3, 0.4) is 0 Å². The van der Waals surface area contributed by atoms with Gasteiger partial charge in [-0.25, -0.2) is 0 Å². The van der Waals surface area contributed by atoms with E-state index in [9.17, 15) is 0 Å². The zero-order chi connectivity index (χ0) is 30.6. The Balaban J connectivity index is 1.39. The smallest absolute Gasteiger partial charge is 0.178 e. The minimum atomic E-state index is -0.736. The van der Waals surface area contributed by atoms with Crippen molar-refractivity contribution in [3.63, 3.8) is 0 Å². The molecule has 3 aliphatic rings.